The summed E-state index contributed by atoms with van der Waals surface area (Å²) in [6.07, 6.45) is -0.563. The third kappa shape index (κ3) is 3.63. The van der Waals surface area contributed by atoms with Gasteiger partial charge in [-0.25, -0.2) is 5.48 Å². The van der Waals surface area contributed by atoms with Crippen molar-refractivity contribution >= 4 is 5.91 Å². The number of para-hydroxylation sites is 2. The van der Waals surface area contributed by atoms with E-state index in [2.05, 4.69) is 5.48 Å². The predicted molar refractivity (Wildman–Crippen MR) is 85.1 cm³/mol. The highest BCUT2D eigenvalue weighted by Crippen LogP contribution is 2.30. The number of benzene rings is 2. The van der Waals surface area contributed by atoms with Gasteiger partial charge in [-0.3, -0.25) is 9.63 Å². The standard InChI is InChI=1S/C18H19NO4/c1-12(2)23-19-17(20)18-21-15-9-5-3-7-13(15)11-14-8-4-6-10-16(14)22-18/h3-10,12,18H,11H2,1-2H3,(H,19,20). The Morgan fingerprint density at radius 2 is 1.57 bits per heavy atom. The van der Waals surface area contributed by atoms with Crippen molar-refractivity contribution in [3.63, 3.8) is 0 Å². The zero-order valence-electron chi connectivity index (χ0n) is 13.1. The lowest BCUT2D eigenvalue weighted by Gasteiger charge is -2.25. The van der Waals surface area contributed by atoms with Crippen molar-refractivity contribution in [2.75, 3.05) is 0 Å². The normalized spacial score (nSPS) is 13.9. The van der Waals surface area contributed by atoms with E-state index in [-0.39, 0.29) is 6.10 Å². The summed E-state index contributed by atoms with van der Waals surface area (Å²) in [6.45, 7) is 3.65. The van der Waals surface area contributed by atoms with E-state index in [1.54, 1.807) is 0 Å². The van der Waals surface area contributed by atoms with Crippen LogP contribution in [0.1, 0.15) is 25.0 Å². The van der Waals surface area contributed by atoms with E-state index in [0.29, 0.717) is 17.9 Å². The van der Waals surface area contributed by atoms with Gasteiger partial charge in [0, 0.05) is 6.42 Å². The van der Waals surface area contributed by atoms with E-state index in [0.717, 1.165) is 11.1 Å². The molecule has 1 aliphatic rings. The molecule has 0 aliphatic carbocycles. The fraction of sp³-hybridized carbons (Fsp3) is 0.278. The minimum atomic E-state index is -1.11. The Balaban J connectivity index is 1.91. The molecule has 0 atom stereocenters. The van der Waals surface area contributed by atoms with Crippen LogP contribution >= 0.6 is 0 Å². The fourth-order valence-electron chi connectivity index (χ4n) is 2.32. The van der Waals surface area contributed by atoms with Crippen LogP contribution in [0.25, 0.3) is 0 Å². The lowest BCUT2D eigenvalue weighted by molar-refractivity contribution is -0.156. The summed E-state index contributed by atoms with van der Waals surface area (Å²) in [5.41, 5.74) is 4.38. The highest BCUT2D eigenvalue weighted by molar-refractivity contribution is 5.79. The molecule has 0 saturated carbocycles. The quantitative estimate of drug-likeness (QED) is 0.885. The maximum absolute atomic E-state index is 12.3. The number of ether oxygens (including phenoxy) is 2. The lowest BCUT2D eigenvalue weighted by atomic mass is 10.0. The van der Waals surface area contributed by atoms with Crippen LogP contribution in [-0.2, 0) is 16.1 Å². The number of carbonyl (C=O) groups is 1. The Bertz CT molecular complexity index is 651. The minimum absolute atomic E-state index is 0.132. The zero-order chi connectivity index (χ0) is 16.2. The Kier molecular flexibility index (Phi) is 4.48. The van der Waals surface area contributed by atoms with Gasteiger partial charge in [-0.05, 0) is 37.1 Å². The van der Waals surface area contributed by atoms with Crippen LogP contribution < -0.4 is 15.0 Å². The highest BCUT2D eigenvalue weighted by atomic mass is 16.7. The third-order valence-electron chi connectivity index (χ3n) is 3.40. The molecule has 2 aromatic rings. The molecule has 5 nitrogen and oxygen atoms in total. The van der Waals surface area contributed by atoms with E-state index < -0.39 is 12.2 Å². The minimum Gasteiger partial charge on any atom is -0.446 e. The molecule has 120 valence electrons. The monoisotopic (exact) mass is 313 g/mol. The van der Waals surface area contributed by atoms with Crippen LogP contribution in [0.2, 0.25) is 0 Å². The number of nitrogens with one attached hydrogen (secondary N) is 1. The summed E-state index contributed by atoms with van der Waals surface area (Å²) in [6, 6.07) is 15.3. The van der Waals surface area contributed by atoms with Gasteiger partial charge in [0.2, 0.25) is 0 Å². The van der Waals surface area contributed by atoms with Crippen molar-refractivity contribution in [3.05, 3.63) is 59.7 Å². The summed E-state index contributed by atoms with van der Waals surface area (Å²) >= 11 is 0. The van der Waals surface area contributed by atoms with E-state index in [4.69, 9.17) is 14.3 Å². The topological polar surface area (TPSA) is 56.8 Å². The van der Waals surface area contributed by atoms with Crippen LogP contribution in [0.5, 0.6) is 11.5 Å². The zero-order valence-corrected chi connectivity index (χ0v) is 13.1. The molecule has 0 unspecified atom stereocenters. The molecule has 0 spiro atoms. The first-order chi connectivity index (χ1) is 11.1. The summed E-state index contributed by atoms with van der Waals surface area (Å²) in [5.74, 6) is 0.781. The number of amides is 1. The van der Waals surface area contributed by atoms with Gasteiger partial charge in [0.25, 0.3) is 0 Å². The highest BCUT2D eigenvalue weighted by Gasteiger charge is 2.27. The van der Waals surface area contributed by atoms with Crippen molar-refractivity contribution in [1.29, 1.82) is 0 Å². The van der Waals surface area contributed by atoms with Gasteiger partial charge in [0.05, 0.1) is 6.10 Å². The van der Waals surface area contributed by atoms with Gasteiger partial charge in [0.15, 0.2) is 0 Å². The number of hydrogen-bond acceptors (Lipinski definition) is 4. The average Bonchev–Trinajstić information content (AvgIpc) is 2.52. The SMILES string of the molecule is CC(C)ONC(=O)C1Oc2ccccc2Cc2ccccc2O1. The maximum Gasteiger partial charge on any atom is 0.325 e. The molecule has 0 bridgehead atoms. The smallest absolute Gasteiger partial charge is 0.325 e. The van der Waals surface area contributed by atoms with Gasteiger partial charge < -0.3 is 9.47 Å². The van der Waals surface area contributed by atoms with Crippen LogP contribution in [0.4, 0.5) is 0 Å². The van der Waals surface area contributed by atoms with Crippen molar-refractivity contribution < 1.29 is 19.1 Å². The molecule has 5 heteroatoms. The van der Waals surface area contributed by atoms with E-state index in [1.807, 2.05) is 62.4 Å². The van der Waals surface area contributed by atoms with Crippen LogP contribution in [0.3, 0.4) is 0 Å². The molecular formula is C18H19NO4. The molecule has 1 N–H and O–H groups in total. The van der Waals surface area contributed by atoms with Crippen LogP contribution in [0.15, 0.2) is 48.5 Å². The van der Waals surface area contributed by atoms with Crippen molar-refractivity contribution in [2.45, 2.75) is 32.7 Å². The predicted octanol–water partition coefficient (Wildman–Crippen LogP) is 2.83. The van der Waals surface area contributed by atoms with Crippen molar-refractivity contribution in [2.24, 2.45) is 0 Å². The molecule has 3 rings (SSSR count). The summed E-state index contributed by atoms with van der Waals surface area (Å²) in [7, 11) is 0. The van der Waals surface area contributed by atoms with Gasteiger partial charge in [-0.1, -0.05) is 36.4 Å². The first-order valence-electron chi connectivity index (χ1n) is 7.58. The molecule has 0 fully saturated rings. The molecule has 1 heterocycles. The Labute approximate surface area is 135 Å². The van der Waals surface area contributed by atoms with Crippen molar-refractivity contribution in [3.8, 4) is 11.5 Å². The summed E-state index contributed by atoms with van der Waals surface area (Å²) in [5, 5.41) is 0. The van der Waals surface area contributed by atoms with Crippen molar-refractivity contribution in [1.82, 2.24) is 5.48 Å². The van der Waals surface area contributed by atoms with Gasteiger partial charge in [-0.15, -0.1) is 0 Å². The average molecular weight is 313 g/mol. The molecule has 0 saturated heterocycles. The molecule has 1 aliphatic heterocycles. The lowest BCUT2D eigenvalue weighted by Crippen LogP contribution is -2.43. The second-order valence-electron chi connectivity index (χ2n) is 5.59. The Morgan fingerprint density at radius 1 is 1.04 bits per heavy atom. The van der Waals surface area contributed by atoms with Gasteiger partial charge >= 0.3 is 12.2 Å². The molecule has 23 heavy (non-hydrogen) atoms. The Hall–Kier alpha value is -2.53. The van der Waals surface area contributed by atoms with E-state index in [1.165, 1.54) is 0 Å². The molecule has 0 radical (unpaired) electrons. The van der Waals surface area contributed by atoms with E-state index >= 15 is 0 Å². The molecule has 0 aromatic heterocycles. The number of carbonyl (C=O) groups excluding carboxylic acids is 1. The maximum atomic E-state index is 12.3. The fourth-order valence-corrected chi connectivity index (χ4v) is 2.32. The Morgan fingerprint density at radius 3 is 2.09 bits per heavy atom. The number of fused-ring (bicyclic) bond motifs is 2. The molecule has 1 amide bonds. The van der Waals surface area contributed by atoms with Crippen LogP contribution in [0, 0.1) is 0 Å². The number of hydrogen-bond donors (Lipinski definition) is 1. The van der Waals surface area contributed by atoms with Crippen LogP contribution in [-0.4, -0.2) is 18.3 Å². The molecular weight excluding hydrogens is 294 g/mol. The van der Waals surface area contributed by atoms with E-state index in [9.17, 15) is 4.79 Å². The number of rotatable bonds is 3. The largest absolute Gasteiger partial charge is 0.446 e. The first kappa shape index (κ1) is 15.4. The second kappa shape index (κ2) is 6.71. The molecule has 2 aromatic carbocycles. The second-order valence-corrected chi connectivity index (χ2v) is 5.59. The van der Waals surface area contributed by atoms with Gasteiger partial charge in [-0.2, -0.15) is 0 Å². The third-order valence-corrected chi connectivity index (χ3v) is 3.40. The first-order valence-corrected chi connectivity index (χ1v) is 7.58. The summed E-state index contributed by atoms with van der Waals surface area (Å²) in [4.78, 5) is 17.4. The summed E-state index contributed by atoms with van der Waals surface area (Å²) < 4.78 is 11.5. The number of hydroxylamine groups is 1. The van der Waals surface area contributed by atoms with Gasteiger partial charge in [0.1, 0.15) is 11.5 Å².